The van der Waals surface area contributed by atoms with Gasteiger partial charge < -0.3 is 4.74 Å². The van der Waals surface area contributed by atoms with Gasteiger partial charge in [-0.2, -0.15) is 10.1 Å². The number of anilines is 1. The number of carbonyl (C=O) groups is 1. The molecule has 44 heavy (non-hydrogen) atoms. The van der Waals surface area contributed by atoms with Gasteiger partial charge in [-0.1, -0.05) is 54.7 Å². The van der Waals surface area contributed by atoms with Gasteiger partial charge in [0.2, 0.25) is 11.0 Å². The Morgan fingerprint density at radius 3 is 2.55 bits per heavy atom. The molecule has 0 aliphatic carbocycles. The third-order valence-electron chi connectivity index (χ3n) is 6.19. The first kappa shape index (κ1) is 30.6. The number of amidine groups is 1. The van der Waals surface area contributed by atoms with Crippen LogP contribution in [-0.2, 0) is 4.79 Å². The van der Waals surface area contributed by atoms with Crippen LogP contribution in [-0.4, -0.2) is 49.3 Å². The molecule has 0 saturated carbocycles. The van der Waals surface area contributed by atoms with E-state index in [1.54, 1.807) is 23.2 Å². The number of halogens is 3. The molecule has 14 heteroatoms. The minimum Gasteiger partial charge on any atom is -0.406 e. The maximum Gasteiger partial charge on any atom is 0.573 e. The molecule has 1 amide bonds. The Bertz CT molecular complexity index is 1780. The smallest absolute Gasteiger partial charge is 0.406 e. The van der Waals surface area contributed by atoms with Crippen molar-refractivity contribution in [3.8, 4) is 22.8 Å². The van der Waals surface area contributed by atoms with E-state index in [4.69, 9.17) is 12.2 Å². The predicted molar refractivity (Wildman–Crippen MR) is 170 cm³/mol. The Labute approximate surface area is 260 Å². The molecule has 1 aliphatic heterocycles. The minimum atomic E-state index is -4.76. The van der Waals surface area contributed by atoms with Gasteiger partial charge >= 0.3 is 6.36 Å². The number of amides is 1. The van der Waals surface area contributed by atoms with Gasteiger partial charge in [-0.05, 0) is 73.1 Å². The second-order valence-corrected chi connectivity index (χ2v) is 10.9. The van der Waals surface area contributed by atoms with Crippen LogP contribution >= 0.6 is 24.0 Å². The summed E-state index contributed by atoms with van der Waals surface area (Å²) in [5.74, 6) is 0.254. The molecule has 0 radical (unpaired) electrons. The maximum absolute atomic E-state index is 12.8. The Hall–Kier alpha value is -4.82. The number of allylic oxidation sites excluding steroid dienone is 1. The van der Waals surface area contributed by atoms with Crippen molar-refractivity contribution >= 4 is 57.6 Å². The molecule has 1 aliphatic rings. The molecule has 5 rings (SSSR count). The number of alkyl halides is 3. The number of ether oxygens (including phenoxy) is 1. The summed E-state index contributed by atoms with van der Waals surface area (Å²) in [4.78, 5) is 23.0. The summed E-state index contributed by atoms with van der Waals surface area (Å²) in [6.45, 7) is 7.87. The predicted octanol–water partition coefficient (Wildman–Crippen LogP) is 6.52. The molecule has 1 saturated heterocycles. The van der Waals surface area contributed by atoms with E-state index in [1.165, 1.54) is 47.0 Å². The summed E-state index contributed by atoms with van der Waals surface area (Å²) in [7, 11) is 0. The number of hydrogen-bond donors (Lipinski definition) is 1. The summed E-state index contributed by atoms with van der Waals surface area (Å²) < 4.78 is 42.5. The number of nitrogens with one attached hydrogen (secondary N) is 1. The lowest BCUT2D eigenvalue weighted by atomic mass is 10.0. The van der Waals surface area contributed by atoms with Crippen LogP contribution in [0.3, 0.4) is 0 Å². The van der Waals surface area contributed by atoms with E-state index in [0.717, 1.165) is 27.8 Å². The van der Waals surface area contributed by atoms with Gasteiger partial charge in [0.1, 0.15) is 12.1 Å². The number of rotatable bonds is 7. The van der Waals surface area contributed by atoms with Gasteiger partial charge in [-0.15, -0.1) is 18.3 Å². The number of thiocarbonyl (C=S) groups is 1. The van der Waals surface area contributed by atoms with Crippen molar-refractivity contribution in [3.63, 3.8) is 0 Å². The van der Waals surface area contributed by atoms with Crippen molar-refractivity contribution < 1.29 is 22.7 Å². The van der Waals surface area contributed by atoms with Crippen LogP contribution in [0.25, 0.3) is 22.6 Å². The van der Waals surface area contributed by atoms with Crippen molar-refractivity contribution in [2.75, 3.05) is 10.7 Å². The summed E-state index contributed by atoms with van der Waals surface area (Å²) >= 11 is 6.66. The second kappa shape index (κ2) is 12.8. The Morgan fingerprint density at radius 1 is 1.14 bits per heavy atom. The van der Waals surface area contributed by atoms with Crippen LogP contribution in [0.15, 0.2) is 89.7 Å². The zero-order chi connectivity index (χ0) is 31.4. The Morgan fingerprint density at radius 2 is 1.86 bits per heavy atom. The standard InChI is InChI=1S/C30H24F3N7O2S2/c1-18(2)24-13-4-19(3)14-25(24)40-26(41)16-44-29(40)36-28(43)37-35-15-20-5-7-21(8-6-20)27-34-17-39(38-27)22-9-11-23(12-10-22)42-30(31,32)33/h4-15,17H,1,16H2,2-3H3,(H,37,43)/b35-15+,36-29?. The van der Waals surface area contributed by atoms with Crippen molar-refractivity contribution in [3.05, 3.63) is 96.3 Å². The van der Waals surface area contributed by atoms with Crippen molar-refractivity contribution in [1.29, 1.82) is 0 Å². The first-order valence-corrected chi connectivity index (χ1v) is 14.4. The summed E-state index contributed by atoms with van der Waals surface area (Å²) in [5, 5.41) is 9.12. The fraction of sp³-hybridized carbons (Fsp3) is 0.133. The van der Waals surface area contributed by atoms with E-state index in [1.807, 2.05) is 44.2 Å². The number of carbonyl (C=O) groups excluding carboxylic acids is 1. The highest BCUT2D eigenvalue weighted by molar-refractivity contribution is 8.15. The van der Waals surface area contributed by atoms with E-state index < -0.39 is 6.36 Å². The first-order valence-electron chi connectivity index (χ1n) is 13.0. The van der Waals surface area contributed by atoms with Crippen molar-refractivity contribution in [1.82, 2.24) is 20.2 Å². The number of aliphatic imine (C=N–C) groups is 1. The van der Waals surface area contributed by atoms with Crippen LogP contribution < -0.4 is 15.1 Å². The molecule has 0 atom stereocenters. The van der Waals surface area contributed by atoms with Crippen molar-refractivity contribution in [2.45, 2.75) is 20.2 Å². The van der Waals surface area contributed by atoms with E-state index in [2.05, 4.69) is 36.9 Å². The van der Waals surface area contributed by atoms with Gasteiger partial charge in [0.25, 0.3) is 0 Å². The molecule has 0 bridgehead atoms. The largest absolute Gasteiger partial charge is 0.573 e. The van der Waals surface area contributed by atoms with Gasteiger partial charge in [-0.3, -0.25) is 15.1 Å². The topological polar surface area (TPSA) is 97.0 Å². The zero-order valence-corrected chi connectivity index (χ0v) is 25.0. The van der Waals surface area contributed by atoms with E-state index in [0.29, 0.717) is 22.4 Å². The van der Waals surface area contributed by atoms with Crippen LogP contribution in [0.2, 0.25) is 0 Å². The molecule has 9 nitrogen and oxygen atoms in total. The average molecular weight is 636 g/mol. The van der Waals surface area contributed by atoms with Crippen LogP contribution in [0.1, 0.15) is 23.6 Å². The summed E-state index contributed by atoms with van der Waals surface area (Å²) in [6, 6.07) is 18.4. The minimum absolute atomic E-state index is 0.0948. The maximum atomic E-state index is 12.8. The molecule has 0 unspecified atom stereocenters. The molecular formula is C30H24F3N7O2S2. The third kappa shape index (κ3) is 7.38. The fourth-order valence-electron chi connectivity index (χ4n) is 4.18. The van der Waals surface area contributed by atoms with E-state index in [9.17, 15) is 18.0 Å². The lowest BCUT2D eigenvalue weighted by Crippen LogP contribution is -2.31. The van der Waals surface area contributed by atoms with E-state index >= 15 is 0 Å². The number of aromatic nitrogens is 3. The molecule has 3 aromatic carbocycles. The SMILES string of the molecule is C=C(C)c1ccc(C)cc1N1C(=O)CSC1=NC(=S)N/N=C/c1ccc(-c2ncn(-c3ccc(OC(F)(F)F)cc3)n2)cc1. The third-order valence-corrected chi connectivity index (χ3v) is 7.29. The number of thioether (sulfide) groups is 1. The first-order chi connectivity index (χ1) is 21.0. The molecule has 1 aromatic heterocycles. The van der Waals surface area contributed by atoms with E-state index in [-0.39, 0.29) is 22.5 Å². The number of hydrazone groups is 1. The molecule has 1 fully saturated rings. The van der Waals surface area contributed by atoms with Gasteiger partial charge in [0.05, 0.1) is 23.3 Å². The summed E-state index contributed by atoms with van der Waals surface area (Å²) in [6.07, 6.45) is -1.73. The van der Waals surface area contributed by atoms with Gasteiger partial charge in [0, 0.05) is 11.1 Å². The van der Waals surface area contributed by atoms with Crippen LogP contribution in [0.4, 0.5) is 18.9 Å². The monoisotopic (exact) mass is 635 g/mol. The molecule has 224 valence electrons. The number of benzene rings is 3. The van der Waals surface area contributed by atoms with Gasteiger partial charge in [-0.25, -0.2) is 9.67 Å². The Balaban J connectivity index is 1.22. The average Bonchev–Trinajstić information content (AvgIpc) is 3.60. The van der Waals surface area contributed by atoms with Crippen LogP contribution in [0.5, 0.6) is 5.75 Å². The number of nitrogens with zero attached hydrogens (tertiary/aromatic N) is 6. The molecule has 1 N–H and O–H groups in total. The van der Waals surface area contributed by atoms with Crippen LogP contribution in [0, 0.1) is 6.92 Å². The highest BCUT2D eigenvalue weighted by atomic mass is 32.2. The lowest BCUT2D eigenvalue weighted by molar-refractivity contribution is -0.274. The molecule has 4 aromatic rings. The highest BCUT2D eigenvalue weighted by Crippen LogP contribution is 2.33. The second-order valence-electron chi connectivity index (χ2n) is 9.56. The quantitative estimate of drug-likeness (QED) is 0.140. The Kier molecular flexibility index (Phi) is 8.92. The normalized spacial score (nSPS) is 14.4. The number of aryl methyl sites for hydroxylation is 1. The summed E-state index contributed by atoms with van der Waals surface area (Å²) in [5.41, 5.74) is 8.13. The fourth-order valence-corrected chi connectivity index (χ4v) is 5.25. The zero-order valence-electron chi connectivity index (χ0n) is 23.4. The molecule has 0 spiro atoms. The number of hydrogen-bond acceptors (Lipinski definition) is 7. The molecule has 2 heterocycles. The molecular weight excluding hydrogens is 612 g/mol. The van der Waals surface area contributed by atoms with Gasteiger partial charge in [0.15, 0.2) is 11.0 Å². The highest BCUT2D eigenvalue weighted by Gasteiger charge is 2.32. The lowest BCUT2D eigenvalue weighted by Gasteiger charge is -2.20. The van der Waals surface area contributed by atoms with Crippen molar-refractivity contribution in [2.24, 2.45) is 10.1 Å².